The highest BCUT2D eigenvalue weighted by Crippen LogP contribution is 2.26. The largest absolute Gasteiger partial charge is 0.497 e. The smallest absolute Gasteiger partial charge is 0.119 e. The van der Waals surface area contributed by atoms with E-state index in [9.17, 15) is 5.11 Å². The van der Waals surface area contributed by atoms with Crippen LogP contribution in [0.5, 0.6) is 17.2 Å². The van der Waals surface area contributed by atoms with Crippen molar-refractivity contribution >= 4 is 0 Å². The van der Waals surface area contributed by atoms with Crippen LogP contribution in [0.15, 0.2) is 78.9 Å². The van der Waals surface area contributed by atoms with E-state index in [1.807, 2.05) is 85.8 Å². The van der Waals surface area contributed by atoms with E-state index >= 15 is 0 Å². The van der Waals surface area contributed by atoms with Crippen molar-refractivity contribution in [1.29, 1.82) is 0 Å². The van der Waals surface area contributed by atoms with Gasteiger partial charge in [-0.15, -0.1) is 0 Å². The molecule has 0 radical (unpaired) electrons. The Morgan fingerprint density at radius 3 is 1.79 bits per heavy atom. The molecular formula is C27H34N2O4. The summed E-state index contributed by atoms with van der Waals surface area (Å²) >= 11 is 0. The molecule has 2 unspecified atom stereocenters. The van der Waals surface area contributed by atoms with E-state index in [1.165, 1.54) is 0 Å². The molecule has 6 heteroatoms. The first-order valence-electron chi connectivity index (χ1n) is 11.1. The molecule has 0 aliphatic carbocycles. The number of hydrogen-bond donors (Lipinski definition) is 3. The third kappa shape index (κ3) is 6.96. The molecular weight excluding hydrogens is 416 g/mol. The van der Waals surface area contributed by atoms with Gasteiger partial charge in [0.25, 0.3) is 0 Å². The molecule has 3 atom stereocenters. The Morgan fingerprint density at radius 1 is 0.788 bits per heavy atom. The van der Waals surface area contributed by atoms with Crippen LogP contribution < -0.4 is 25.3 Å². The van der Waals surface area contributed by atoms with Crippen LogP contribution >= 0.6 is 0 Å². The highest BCUT2D eigenvalue weighted by Gasteiger charge is 2.24. The second-order valence-electron chi connectivity index (χ2n) is 8.13. The van der Waals surface area contributed by atoms with Crippen molar-refractivity contribution in [2.24, 2.45) is 11.7 Å². The van der Waals surface area contributed by atoms with E-state index in [0.717, 1.165) is 22.6 Å². The fraction of sp³-hybridized carbons (Fsp3) is 0.333. The minimum atomic E-state index is -0.776. The van der Waals surface area contributed by atoms with Crippen LogP contribution in [0.3, 0.4) is 0 Å². The van der Waals surface area contributed by atoms with E-state index in [0.29, 0.717) is 12.3 Å². The number of nitrogens with one attached hydrogen (secondary N) is 1. The summed E-state index contributed by atoms with van der Waals surface area (Å²) in [6.07, 6.45) is -0.776. The van der Waals surface area contributed by atoms with Crippen molar-refractivity contribution in [3.63, 3.8) is 0 Å². The molecule has 3 rings (SSSR count). The summed E-state index contributed by atoms with van der Waals surface area (Å²) in [5.74, 6) is 2.35. The fourth-order valence-corrected chi connectivity index (χ4v) is 3.65. The SMILES string of the molecule is COc1ccc(C(NCC(C)C(N)[C@H](O)COc2ccccc2)c2ccc(OC)cc2)cc1. The van der Waals surface area contributed by atoms with E-state index in [1.54, 1.807) is 14.2 Å². The first-order chi connectivity index (χ1) is 16.0. The lowest BCUT2D eigenvalue weighted by Crippen LogP contribution is -2.47. The van der Waals surface area contributed by atoms with Gasteiger partial charge in [-0.05, 0) is 53.4 Å². The molecule has 0 aromatic heterocycles. The molecule has 0 spiro atoms. The molecule has 0 bridgehead atoms. The quantitative estimate of drug-likeness (QED) is 0.389. The van der Waals surface area contributed by atoms with E-state index in [-0.39, 0.29) is 18.6 Å². The second kappa shape index (κ2) is 12.3. The number of nitrogens with two attached hydrogens (primary N) is 1. The predicted molar refractivity (Wildman–Crippen MR) is 131 cm³/mol. The molecule has 176 valence electrons. The highest BCUT2D eigenvalue weighted by atomic mass is 16.5. The lowest BCUT2D eigenvalue weighted by molar-refractivity contribution is 0.0685. The normalized spacial score (nSPS) is 13.9. The molecule has 0 heterocycles. The average Bonchev–Trinajstić information content (AvgIpc) is 2.88. The van der Waals surface area contributed by atoms with Crippen molar-refractivity contribution in [3.8, 4) is 17.2 Å². The Bertz CT molecular complexity index is 901. The first kappa shape index (κ1) is 24.6. The summed E-state index contributed by atoms with van der Waals surface area (Å²) in [6.45, 7) is 2.80. The van der Waals surface area contributed by atoms with Crippen LogP contribution in [0.2, 0.25) is 0 Å². The minimum absolute atomic E-state index is 0.0124. The van der Waals surface area contributed by atoms with Gasteiger partial charge in [0.15, 0.2) is 0 Å². The van der Waals surface area contributed by atoms with Gasteiger partial charge in [-0.2, -0.15) is 0 Å². The van der Waals surface area contributed by atoms with Crippen molar-refractivity contribution in [1.82, 2.24) is 5.32 Å². The zero-order chi connectivity index (χ0) is 23.6. The van der Waals surface area contributed by atoms with Gasteiger partial charge in [0.1, 0.15) is 30.0 Å². The van der Waals surface area contributed by atoms with Crippen molar-refractivity contribution in [3.05, 3.63) is 90.0 Å². The lowest BCUT2D eigenvalue weighted by atomic mass is 9.94. The number of benzene rings is 3. The van der Waals surface area contributed by atoms with Crippen LogP contribution in [-0.4, -0.2) is 44.6 Å². The fourth-order valence-electron chi connectivity index (χ4n) is 3.65. The molecule has 0 saturated heterocycles. The molecule has 33 heavy (non-hydrogen) atoms. The van der Waals surface area contributed by atoms with Crippen molar-refractivity contribution in [2.45, 2.75) is 25.1 Å². The third-order valence-electron chi connectivity index (χ3n) is 5.81. The monoisotopic (exact) mass is 450 g/mol. The summed E-state index contributed by atoms with van der Waals surface area (Å²) in [5.41, 5.74) is 8.57. The molecule has 4 N–H and O–H groups in total. The molecule has 0 fully saturated rings. The number of rotatable bonds is 12. The van der Waals surface area contributed by atoms with Crippen LogP contribution in [-0.2, 0) is 0 Å². The lowest BCUT2D eigenvalue weighted by Gasteiger charge is -2.28. The maximum absolute atomic E-state index is 10.6. The Hall–Kier alpha value is -3.06. The summed E-state index contributed by atoms with van der Waals surface area (Å²) < 4.78 is 16.3. The van der Waals surface area contributed by atoms with Gasteiger partial charge < -0.3 is 30.4 Å². The maximum atomic E-state index is 10.6. The Balaban J connectivity index is 1.65. The summed E-state index contributed by atoms with van der Waals surface area (Å²) in [6, 6.07) is 25.0. The number of ether oxygens (including phenoxy) is 3. The number of para-hydroxylation sites is 1. The molecule has 0 aliphatic heterocycles. The Kier molecular flexibility index (Phi) is 9.13. The van der Waals surface area contributed by atoms with Gasteiger partial charge in [0, 0.05) is 12.6 Å². The maximum Gasteiger partial charge on any atom is 0.119 e. The summed E-state index contributed by atoms with van der Waals surface area (Å²) in [7, 11) is 3.31. The van der Waals surface area contributed by atoms with E-state index in [4.69, 9.17) is 19.9 Å². The molecule has 3 aromatic rings. The van der Waals surface area contributed by atoms with Gasteiger partial charge in [-0.1, -0.05) is 49.4 Å². The molecule has 0 saturated carbocycles. The third-order valence-corrected chi connectivity index (χ3v) is 5.81. The van der Waals surface area contributed by atoms with Gasteiger partial charge >= 0.3 is 0 Å². The predicted octanol–water partition coefficient (Wildman–Crippen LogP) is 3.79. The van der Waals surface area contributed by atoms with Gasteiger partial charge in [-0.3, -0.25) is 0 Å². The minimum Gasteiger partial charge on any atom is -0.497 e. The topological polar surface area (TPSA) is 86.0 Å². The van der Waals surface area contributed by atoms with Gasteiger partial charge in [-0.25, -0.2) is 0 Å². The second-order valence-corrected chi connectivity index (χ2v) is 8.13. The Labute approximate surface area is 196 Å². The first-order valence-corrected chi connectivity index (χ1v) is 11.1. The van der Waals surface area contributed by atoms with E-state index in [2.05, 4.69) is 5.32 Å². The molecule has 0 aliphatic rings. The summed E-state index contributed by atoms with van der Waals surface area (Å²) in [5, 5.41) is 14.2. The van der Waals surface area contributed by atoms with Crippen LogP contribution in [0.25, 0.3) is 0 Å². The molecule has 6 nitrogen and oxygen atoms in total. The van der Waals surface area contributed by atoms with Gasteiger partial charge in [0.05, 0.1) is 20.3 Å². The highest BCUT2D eigenvalue weighted by molar-refractivity contribution is 5.37. The number of aliphatic hydroxyl groups is 1. The zero-order valence-electron chi connectivity index (χ0n) is 19.5. The van der Waals surface area contributed by atoms with Crippen LogP contribution in [0.4, 0.5) is 0 Å². The van der Waals surface area contributed by atoms with E-state index < -0.39 is 12.1 Å². The number of aliphatic hydroxyl groups excluding tert-OH is 1. The van der Waals surface area contributed by atoms with Gasteiger partial charge in [0.2, 0.25) is 0 Å². The number of methoxy groups -OCH3 is 2. The number of hydrogen-bond acceptors (Lipinski definition) is 6. The summed E-state index contributed by atoms with van der Waals surface area (Å²) in [4.78, 5) is 0. The Morgan fingerprint density at radius 2 is 1.30 bits per heavy atom. The van der Waals surface area contributed by atoms with Crippen molar-refractivity contribution < 1.29 is 19.3 Å². The van der Waals surface area contributed by atoms with Crippen LogP contribution in [0, 0.1) is 5.92 Å². The standard InChI is InChI=1S/C27H34N2O4/c1-19(26(28)25(30)18-33-24-7-5-4-6-8-24)17-29-27(20-9-13-22(31-2)14-10-20)21-11-15-23(32-3)16-12-21/h4-16,19,25-27,29-30H,17-18,28H2,1-3H3/t19?,25-,26?/m1/s1. The molecule has 3 aromatic carbocycles. The average molecular weight is 451 g/mol. The van der Waals surface area contributed by atoms with Crippen LogP contribution in [0.1, 0.15) is 24.1 Å². The molecule has 0 amide bonds. The van der Waals surface area contributed by atoms with Crippen molar-refractivity contribution in [2.75, 3.05) is 27.4 Å². The zero-order valence-corrected chi connectivity index (χ0v) is 19.5.